The van der Waals surface area contributed by atoms with Crippen LogP contribution in [0, 0.1) is 0 Å². The maximum Gasteiger partial charge on any atom is 0.344 e. The number of nitrogen functional groups attached to an aromatic ring is 1. The molecule has 0 radical (unpaired) electrons. The van der Waals surface area contributed by atoms with Gasteiger partial charge in [0.2, 0.25) is 0 Å². The average Bonchev–Trinajstić information content (AvgIpc) is 2.70. The van der Waals surface area contributed by atoms with Crippen LogP contribution in [0.2, 0.25) is 0 Å². The van der Waals surface area contributed by atoms with Crippen LogP contribution in [0.5, 0.6) is 5.75 Å². The molecule has 1 aromatic heterocycles. The number of anilines is 1. The van der Waals surface area contributed by atoms with Gasteiger partial charge in [0, 0.05) is 22.7 Å². The standard InChI is InChI=1S/C13H18N4O2S/c1-4-19-10-5-9(14)6-11(7-10)20-13-16-15-12(18)17(13)8(2)3/h5-8H,4,14H2,1-3H3,(H,15,18). The monoisotopic (exact) mass is 294 g/mol. The van der Waals surface area contributed by atoms with Crippen molar-refractivity contribution in [2.24, 2.45) is 0 Å². The van der Waals surface area contributed by atoms with E-state index in [0.29, 0.717) is 23.2 Å². The molecule has 0 fully saturated rings. The molecular formula is C13H18N4O2S. The summed E-state index contributed by atoms with van der Waals surface area (Å²) in [5.41, 5.74) is 6.26. The third kappa shape index (κ3) is 3.16. The minimum atomic E-state index is -0.212. The van der Waals surface area contributed by atoms with E-state index in [-0.39, 0.29) is 11.7 Å². The summed E-state index contributed by atoms with van der Waals surface area (Å²) in [5, 5.41) is 7.12. The highest BCUT2D eigenvalue weighted by Gasteiger charge is 2.13. The van der Waals surface area contributed by atoms with Crippen molar-refractivity contribution in [1.29, 1.82) is 0 Å². The zero-order valence-electron chi connectivity index (χ0n) is 11.7. The molecule has 0 aliphatic heterocycles. The lowest BCUT2D eigenvalue weighted by atomic mass is 10.3. The van der Waals surface area contributed by atoms with Crippen molar-refractivity contribution in [3.63, 3.8) is 0 Å². The zero-order chi connectivity index (χ0) is 14.7. The highest BCUT2D eigenvalue weighted by atomic mass is 32.2. The second kappa shape index (κ2) is 6.04. The van der Waals surface area contributed by atoms with Crippen molar-refractivity contribution in [2.45, 2.75) is 36.9 Å². The molecule has 0 bridgehead atoms. The van der Waals surface area contributed by atoms with Crippen LogP contribution in [0.15, 0.2) is 33.0 Å². The second-order valence-electron chi connectivity index (χ2n) is 4.55. The van der Waals surface area contributed by atoms with Crippen LogP contribution in [-0.4, -0.2) is 21.4 Å². The van der Waals surface area contributed by atoms with Gasteiger partial charge in [-0.2, -0.15) is 0 Å². The number of hydrogen-bond acceptors (Lipinski definition) is 5. The number of benzene rings is 1. The van der Waals surface area contributed by atoms with E-state index >= 15 is 0 Å². The van der Waals surface area contributed by atoms with Crippen molar-refractivity contribution in [3.8, 4) is 5.75 Å². The van der Waals surface area contributed by atoms with Gasteiger partial charge in [0.25, 0.3) is 0 Å². The Kier molecular flexibility index (Phi) is 4.39. The van der Waals surface area contributed by atoms with Crippen molar-refractivity contribution in [2.75, 3.05) is 12.3 Å². The maximum absolute atomic E-state index is 11.7. The third-order valence-corrected chi connectivity index (χ3v) is 3.55. The summed E-state index contributed by atoms with van der Waals surface area (Å²) in [5.74, 6) is 0.712. The SMILES string of the molecule is CCOc1cc(N)cc(Sc2n[nH]c(=O)n2C(C)C)c1. The maximum atomic E-state index is 11.7. The van der Waals surface area contributed by atoms with Gasteiger partial charge in [-0.15, -0.1) is 5.10 Å². The van der Waals surface area contributed by atoms with E-state index in [9.17, 15) is 4.79 Å². The molecule has 0 aliphatic rings. The van der Waals surface area contributed by atoms with Gasteiger partial charge >= 0.3 is 5.69 Å². The number of rotatable bonds is 5. The Hall–Kier alpha value is -1.89. The molecule has 2 rings (SSSR count). The molecule has 1 aromatic carbocycles. The highest BCUT2D eigenvalue weighted by Crippen LogP contribution is 2.31. The first-order chi connectivity index (χ1) is 9.51. The second-order valence-corrected chi connectivity index (χ2v) is 5.59. The molecule has 0 unspecified atom stereocenters. The topological polar surface area (TPSA) is 85.9 Å². The Balaban J connectivity index is 2.32. The smallest absolute Gasteiger partial charge is 0.344 e. The van der Waals surface area contributed by atoms with E-state index in [4.69, 9.17) is 10.5 Å². The van der Waals surface area contributed by atoms with Crippen molar-refractivity contribution in [3.05, 3.63) is 28.7 Å². The average molecular weight is 294 g/mol. The molecule has 20 heavy (non-hydrogen) atoms. The zero-order valence-corrected chi connectivity index (χ0v) is 12.5. The van der Waals surface area contributed by atoms with Crippen LogP contribution < -0.4 is 16.2 Å². The Labute approximate surface area is 121 Å². The molecule has 0 spiro atoms. The van der Waals surface area contributed by atoms with Crippen LogP contribution in [-0.2, 0) is 0 Å². The number of aromatic nitrogens is 3. The molecular weight excluding hydrogens is 276 g/mol. The van der Waals surface area contributed by atoms with Gasteiger partial charge in [-0.3, -0.25) is 4.57 Å². The predicted molar refractivity (Wildman–Crippen MR) is 79.4 cm³/mol. The van der Waals surface area contributed by atoms with Crippen LogP contribution in [0.1, 0.15) is 26.8 Å². The number of aromatic amines is 1. The molecule has 2 aromatic rings. The van der Waals surface area contributed by atoms with Gasteiger partial charge in [-0.05, 0) is 44.7 Å². The fourth-order valence-electron chi connectivity index (χ4n) is 1.83. The molecule has 0 amide bonds. The summed E-state index contributed by atoms with van der Waals surface area (Å²) in [6.07, 6.45) is 0. The predicted octanol–water partition coefficient (Wildman–Crippen LogP) is 2.28. The largest absolute Gasteiger partial charge is 0.494 e. The fraction of sp³-hybridized carbons (Fsp3) is 0.385. The molecule has 1 heterocycles. The Morgan fingerprint density at radius 3 is 2.85 bits per heavy atom. The van der Waals surface area contributed by atoms with Crippen LogP contribution in [0.4, 0.5) is 5.69 Å². The summed E-state index contributed by atoms with van der Waals surface area (Å²) in [6, 6.07) is 5.52. The lowest BCUT2D eigenvalue weighted by Gasteiger charge is -2.10. The number of nitrogens with zero attached hydrogens (tertiary/aromatic N) is 2. The normalized spacial score (nSPS) is 11.0. The van der Waals surface area contributed by atoms with E-state index < -0.39 is 0 Å². The highest BCUT2D eigenvalue weighted by molar-refractivity contribution is 7.99. The molecule has 0 atom stereocenters. The van der Waals surface area contributed by atoms with Gasteiger partial charge in [-0.1, -0.05) is 0 Å². The fourth-order valence-corrected chi connectivity index (χ4v) is 2.89. The molecule has 7 heteroatoms. The number of nitrogens with one attached hydrogen (secondary N) is 1. The lowest BCUT2D eigenvalue weighted by Crippen LogP contribution is -2.19. The summed E-state index contributed by atoms with van der Waals surface area (Å²) >= 11 is 1.38. The van der Waals surface area contributed by atoms with E-state index in [1.54, 1.807) is 10.6 Å². The molecule has 6 nitrogen and oxygen atoms in total. The quantitative estimate of drug-likeness (QED) is 0.826. The minimum Gasteiger partial charge on any atom is -0.494 e. The van der Waals surface area contributed by atoms with Gasteiger partial charge in [-0.25, -0.2) is 9.89 Å². The number of H-pyrrole nitrogens is 1. The molecule has 3 N–H and O–H groups in total. The first-order valence-corrected chi connectivity index (χ1v) is 7.21. The Morgan fingerprint density at radius 1 is 1.45 bits per heavy atom. The summed E-state index contributed by atoms with van der Waals surface area (Å²) in [4.78, 5) is 12.6. The molecule has 0 saturated carbocycles. The number of ether oxygens (including phenoxy) is 1. The van der Waals surface area contributed by atoms with Crippen LogP contribution in [0.3, 0.4) is 0 Å². The first-order valence-electron chi connectivity index (χ1n) is 6.39. The summed E-state index contributed by atoms with van der Waals surface area (Å²) in [7, 11) is 0. The van der Waals surface area contributed by atoms with Crippen molar-refractivity contribution >= 4 is 17.4 Å². The van der Waals surface area contributed by atoms with Crippen molar-refractivity contribution < 1.29 is 4.74 Å². The third-order valence-electron chi connectivity index (χ3n) is 2.61. The Bertz CT molecular complexity index is 648. The minimum absolute atomic E-state index is 0.0381. The lowest BCUT2D eigenvalue weighted by molar-refractivity contribution is 0.339. The molecule has 0 aliphatic carbocycles. The first kappa shape index (κ1) is 14.5. The number of nitrogens with two attached hydrogens (primary N) is 1. The van der Waals surface area contributed by atoms with Crippen LogP contribution in [0.25, 0.3) is 0 Å². The van der Waals surface area contributed by atoms with Gasteiger partial charge in [0.05, 0.1) is 6.61 Å². The summed E-state index contributed by atoms with van der Waals surface area (Å²) < 4.78 is 7.06. The van der Waals surface area contributed by atoms with Crippen molar-refractivity contribution in [1.82, 2.24) is 14.8 Å². The summed E-state index contributed by atoms with van der Waals surface area (Å²) in [6.45, 7) is 6.37. The Morgan fingerprint density at radius 2 is 2.20 bits per heavy atom. The van der Waals surface area contributed by atoms with Gasteiger partial charge in [0.1, 0.15) is 5.75 Å². The molecule has 0 saturated heterocycles. The number of hydrogen-bond donors (Lipinski definition) is 2. The van der Waals surface area contributed by atoms with E-state index in [1.165, 1.54) is 11.8 Å². The molecule has 108 valence electrons. The van der Waals surface area contributed by atoms with Gasteiger partial charge in [0.15, 0.2) is 5.16 Å². The van der Waals surface area contributed by atoms with E-state index in [2.05, 4.69) is 10.2 Å². The van der Waals surface area contributed by atoms with Gasteiger partial charge < -0.3 is 10.5 Å². The van der Waals surface area contributed by atoms with E-state index in [0.717, 1.165) is 4.90 Å². The van der Waals surface area contributed by atoms with Crippen LogP contribution >= 0.6 is 11.8 Å². The van der Waals surface area contributed by atoms with E-state index in [1.807, 2.05) is 32.9 Å².